The van der Waals surface area contributed by atoms with Crippen molar-refractivity contribution >= 4 is 5.91 Å². The number of hydrogen-bond acceptors (Lipinski definition) is 5. The summed E-state index contributed by atoms with van der Waals surface area (Å²) in [6.45, 7) is 5.83. The molecular weight excluding hydrogens is 282 g/mol. The molecule has 0 radical (unpaired) electrons. The molecule has 1 aliphatic heterocycles. The van der Waals surface area contributed by atoms with Gasteiger partial charge in [0.25, 0.3) is 5.91 Å². The summed E-state index contributed by atoms with van der Waals surface area (Å²) in [7, 11) is 0. The summed E-state index contributed by atoms with van der Waals surface area (Å²) in [6, 6.07) is 0.287. The summed E-state index contributed by atoms with van der Waals surface area (Å²) in [6.07, 6.45) is 5.81. The van der Waals surface area contributed by atoms with Crippen molar-refractivity contribution in [2.45, 2.75) is 51.6 Å². The fourth-order valence-electron chi connectivity index (χ4n) is 3.24. The highest BCUT2D eigenvalue weighted by Crippen LogP contribution is 2.20. The Balaban J connectivity index is 1.66. The van der Waals surface area contributed by atoms with E-state index in [2.05, 4.69) is 15.4 Å². The summed E-state index contributed by atoms with van der Waals surface area (Å²) in [5, 5.41) is 7.12. The third kappa shape index (κ3) is 3.67. The smallest absolute Gasteiger partial charge is 0.274 e. The molecule has 0 bridgehead atoms. The first-order valence-corrected chi connectivity index (χ1v) is 8.30. The second kappa shape index (κ2) is 7.24. The molecule has 3 rings (SSSR count). The molecule has 1 aliphatic carbocycles. The number of carbonyl (C=O) groups is 1. The molecule has 0 spiro atoms. The highest BCUT2D eigenvalue weighted by Gasteiger charge is 2.25. The van der Waals surface area contributed by atoms with Crippen molar-refractivity contribution in [1.29, 1.82) is 0 Å². The van der Waals surface area contributed by atoms with Crippen LogP contribution in [0.4, 0.5) is 0 Å². The predicted molar refractivity (Wildman–Crippen MR) is 81.7 cm³/mol. The number of nitrogens with one attached hydrogen (secondary N) is 1. The molecule has 0 unspecified atom stereocenters. The topological polar surface area (TPSA) is 67.6 Å². The Hall–Kier alpha value is -1.40. The van der Waals surface area contributed by atoms with Gasteiger partial charge in [-0.2, -0.15) is 0 Å². The number of aryl methyl sites for hydroxylation is 1. The molecule has 1 saturated heterocycles. The number of hydrogen-bond donors (Lipinski definition) is 1. The number of ether oxygens (including phenoxy) is 1. The van der Waals surface area contributed by atoms with E-state index in [1.807, 2.05) is 6.92 Å². The van der Waals surface area contributed by atoms with E-state index in [1.54, 1.807) is 0 Å². The average molecular weight is 307 g/mol. The molecule has 2 heterocycles. The lowest BCUT2D eigenvalue weighted by molar-refractivity contribution is 0.0339. The fraction of sp³-hybridized carbons (Fsp3) is 0.750. The SMILES string of the molecule is Cc1onc(C(=O)NC2CCCCC2)c1CN1CCOCC1. The van der Waals surface area contributed by atoms with Gasteiger partial charge in [0.05, 0.1) is 13.2 Å². The van der Waals surface area contributed by atoms with E-state index < -0.39 is 0 Å². The van der Waals surface area contributed by atoms with Crippen LogP contribution in [0.25, 0.3) is 0 Å². The van der Waals surface area contributed by atoms with E-state index >= 15 is 0 Å². The quantitative estimate of drug-likeness (QED) is 0.920. The maximum Gasteiger partial charge on any atom is 0.274 e. The summed E-state index contributed by atoms with van der Waals surface area (Å²) in [5.74, 6) is 0.646. The molecule has 22 heavy (non-hydrogen) atoms. The number of nitrogens with zero attached hydrogens (tertiary/aromatic N) is 2. The molecule has 1 aromatic rings. The van der Waals surface area contributed by atoms with Crippen molar-refractivity contribution in [2.24, 2.45) is 0 Å². The summed E-state index contributed by atoms with van der Waals surface area (Å²) in [4.78, 5) is 14.8. The number of rotatable bonds is 4. The van der Waals surface area contributed by atoms with Crippen LogP contribution in [0.2, 0.25) is 0 Å². The number of amides is 1. The zero-order valence-electron chi connectivity index (χ0n) is 13.3. The van der Waals surface area contributed by atoms with E-state index in [0.29, 0.717) is 12.2 Å². The first kappa shape index (κ1) is 15.5. The largest absolute Gasteiger partial charge is 0.379 e. The van der Waals surface area contributed by atoms with Crippen molar-refractivity contribution in [3.63, 3.8) is 0 Å². The Labute approximate surface area is 131 Å². The minimum absolute atomic E-state index is 0.0907. The minimum Gasteiger partial charge on any atom is -0.379 e. The van der Waals surface area contributed by atoms with Gasteiger partial charge in [0.1, 0.15) is 5.76 Å². The van der Waals surface area contributed by atoms with Crippen LogP contribution in [-0.2, 0) is 11.3 Å². The molecule has 1 aromatic heterocycles. The van der Waals surface area contributed by atoms with Gasteiger partial charge in [-0.1, -0.05) is 24.4 Å². The molecule has 122 valence electrons. The van der Waals surface area contributed by atoms with Gasteiger partial charge in [0.15, 0.2) is 5.69 Å². The van der Waals surface area contributed by atoms with Crippen molar-refractivity contribution in [3.05, 3.63) is 17.0 Å². The molecule has 0 aromatic carbocycles. The van der Waals surface area contributed by atoms with Gasteiger partial charge in [-0.25, -0.2) is 0 Å². The van der Waals surface area contributed by atoms with Gasteiger partial charge in [-0.3, -0.25) is 9.69 Å². The monoisotopic (exact) mass is 307 g/mol. The standard InChI is InChI=1S/C16H25N3O3/c1-12-14(11-19-7-9-21-10-8-19)15(18-22-12)16(20)17-13-5-3-2-4-6-13/h13H,2-11H2,1H3,(H,17,20). The normalized spacial score (nSPS) is 21.0. The Morgan fingerprint density at radius 3 is 2.73 bits per heavy atom. The van der Waals surface area contributed by atoms with Gasteiger partial charge in [0.2, 0.25) is 0 Å². The lowest BCUT2D eigenvalue weighted by Gasteiger charge is -2.26. The van der Waals surface area contributed by atoms with Crippen LogP contribution in [0.5, 0.6) is 0 Å². The molecule has 2 aliphatic rings. The van der Waals surface area contributed by atoms with Crippen LogP contribution in [0.1, 0.15) is 53.9 Å². The predicted octanol–water partition coefficient (Wildman–Crippen LogP) is 1.88. The van der Waals surface area contributed by atoms with Gasteiger partial charge in [-0.05, 0) is 19.8 Å². The maximum atomic E-state index is 12.5. The van der Waals surface area contributed by atoms with E-state index in [0.717, 1.165) is 50.5 Å². The zero-order chi connectivity index (χ0) is 15.4. The molecule has 6 nitrogen and oxygen atoms in total. The Morgan fingerprint density at radius 2 is 2.00 bits per heavy atom. The van der Waals surface area contributed by atoms with Gasteiger partial charge in [-0.15, -0.1) is 0 Å². The van der Waals surface area contributed by atoms with Crippen LogP contribution in [0.15, 0.2) is 4.52 Å². The average Bonchev–Trinajstić information content (AvgIpc) is 2.90. The molecule has 1 amide bonds. The molecule has 1 saturated carbocycles. The maximum absolute atomic E-state index is 12.5. The van der Waals surface area contributed by atoms with E-state index in [9.17, 15) is 4.79 Å². The third-order valence-corrected chi connectivity index (χ3v) is 4.63. The van der Waals surface area contributed by atoms with Gasteiger partial charge >= 0.3 is 0 Å². The van der Waals surface area contributed by atoms with Crippen LogP contribution in [0, 0.1) is 6.92 Å². The molecule has 0 atom stereocenters. The summed E-state index contributed by atoms with van der Waals surface area (Å²) >= 11 is 0. The lowest BCUT2D eigenvalue weighted by Crippen LogP contribution is -2.38. The lowest BCUT2D eigenvalue weighted by atomic mass is 9.95. The van der Waals surface area contributed by atoms with Crippen LogP contribution in [0.3, 0.4) is 0 Å². The van der Waals surface area contributed by atoms with Crippen molar-refractivity contribution in [2.75, 3.05) is 26.3 Å². The van der Waals surface area contributed by atoms with E-state index in [4.69, 9.17) is 9.26 Å². The summed E-state index contributed by atoms with van der Waals surface area (Å²) < 4.78 is 10.6. The first-order chi connectivity index (χ1) is 10.7. The Bertz CT molecular complexity index is 503. The highest BCUT2D eigenvalue weighted by atomic mass is 16.5. The first-order valence-electron chi connectivity index (χ1n) is 8.30. The van der Waals surface area contributed by atoms with Gasteiger partial charge in [0, 0.05) is 31.2 Å². The van der Waals surface area contributed by atoms with Gasteiger partial charge < -0.3 is 14.6 Å². The van der Waals surface area contributed by atoms with E-state index in [1.165, 1.54) is 19.3 Å². The minimum atomic E-state index is -0.0907. The molecule has 6 heteroatoms. The number of aromatic nitrogens is 1. The van der Waals surface area contributed by atoms with Crippen LogP contribution < -0.4 is 5.32 Å². The van der Waals surface area contributed by atoms with Crippen molar-refractivity contribution in [1.82, 2.24) is 15.4 Å². The number of carbonyl (C=O) groups excluding carboxylic acids is 1. The Kier molecular flexibility index (Phi) is 5.10. The second-order valence-corrected chi connectivity index (χ2v) is 6.26. The Morgan fingerprint density at radius 1 is 1.27 bits per heavy atom. The van der Waals surface area contributed by atoms with E-state index in [-0.39, 0.29) is 11.9 Å². The van der Waals surface area contributed by atoms with Crippen molar-refractivity contribution in [3.8, 4) is 0 Å². The summed E-state index contributed by atoms with van der Waals surface area (Å²) in [5.41, 5.74) is 1.37. The number of morpholine rings is 1. The molecular formula is C16H25N3O3. The fourth-order valence-corrected chi connectivity index (χ4v) is 3.24. The molecule has 1 N–H and O–H groups in total. The third-order valence-electron chi connectivity index (χ3n) is 4.63. The second-order valence-electron chi connectivity index (χ2n) is 6.26. The van der Waals surface area contributed by atoms with Crippen LogP contribution in [-0.4, -0.2) is 48.3 Å². The zero-order valence-corrected chi connectivity index (χ0v) is 13.3. The van der Waals surface area contributed by atoms with Crippen molar-refractivity contribution < 1.29 is 14.1 Å². The molecule has 2 fully saturated rings. The highest BCUT2D eigenvalue weighted by molar-refractivity contribution is 5.94. The van der Waals surface area contributed by atoms with Crippen LogP contribution >= 0.6 is 0 Å².